The van der Waals surface area contributed by atoms with E-state index in [1.165, 1.54) is 0 Å². The van der Waals surface area contributed by atoms with Gasteiger partial charge in [0.25, 0.3) is 0 Å². The third-order valence-electron chi connectivity index (χ3n) is 0.101. The minimum atomic E-state index is 0.342. The maximum atomic E-state index is 4.91. The predicted molar refractivity (Wildman–Crippen MR) is 25.7 cm³/mol. The third-order valence-corrected chi connectivity index (χ3v) is 1.23. The molecule has 0 aromatic carbocycles. The first-order valence-corrected chi connectivity index (χ1v) is 2.52. The Morgan fingerprint density at radius 1 is 2.00 bits per heavy atom. The fourth-order valence-electron chi connectivity index (χ4n) is 0. The quantitative estimate of drug-likeness (QED) is 0.387. The molecule has 2 nitrogen and oxygen atoms in total. The Morgan fingerprint density at radius 2 is 2.20 bits per heavy atom. The number of hydrogen-bond acceptors (Lipinski definition) is 1. The third kappa shape index (κ3) is 4.48. The zero-order valence-corrected chi connectivity index (χ0v) is 5.54. The van der Waals surface area contributed by atoms with Gasteiger partial charge >= 0.3 is 49.2 Å². The molecule has 0 rings (SSSR count). The molecule has 0 atom stereocenters. The topological polar surface area (TPSA) is 38.0 Å². The molecule has 4 heteroatoms. The monoisotopic (exact) mass is 205 g/mol. The fraction of sp³-hybridized carbons (Fsp3) is 0. The average Bonchev–Trinajstić information content (AvgIpc) is 1.38. The van der Waals surface area contributed by atoms with Crippen LogP contribution in [-0.2, 0) is 0 Å². The van der Waals surface area contributed by atoms with Crippen LogP contribution in [0.3, 0.4) is 0 Å². The molecule has 0 saturated carbocycles. The number of nitrogens with one attached hydrogen (secondary N) is 1. The van der Waals surface area contributed by atoms with E-state index in [1.807, 2.05) is 0 Å². The van der Waals surface area contributed by atoms with E-state index >= 15 is 0 Å². The number of hydrogen-bond donors (Lipinski definition) is 2. The zero-order valence-electron chi connectivity index (χ0n) is 2.39. The number of thiocarbonyl (C=S) groups is 1. The summed E-state index contributed by atoms with van der Waals surface area (Å²) >= 11 is 5.99. The average molecular weight is 203 g/mol. The van der Waals surface area contributed by atoms with Crippen LogP contribution in [0.4, 0.5) is 0 Å². The first kappa shape index (κ1) is 5.48. The van der Waals surface area contributed by atoms with E-state index in [-0.39, 0.29) is 0 Å². The van der Waals surface area contributed by atoms with Gasteiger partial charge in [0.15, 0.2) is 0 Å². The van der Waals surface area contributed by atoms with Crippen molar-refractivity contribution >= 4 is 39.9 Å². The second-order valence-corrected chi connectivity index (χ2v) is 1.49. The van der Waals surface area contributed by atoms with Gasteiger partial charge in [-0.3, -0.25) is 0 Å². The maximum absolute atomic E-state index is 4.91. The Hall–Kier alpha value is 0.480. The SMILES string of the molecule is NC(=S)N[Te]. The Balaban J connectivity index is 2.85. The predicted octanol–water partition coefficient (Wildman–Crippen LogP) is -1.10. The molecule has 0 unspecified atom stereocenters. The Morgan fingerprint density at radius 3 is 2.20 bits per heavy atom. The van der Waals surface area contributed by atoms with Crippen LogP contribution in [0.25, 0.3) is 0 Å². The molecule has 0 saturated heterocycles. The van der Waals surface area contributed by atoms with Crippen molar-refractivity contribution in [2.75, 3.05) is 0 Å². The van der Waals surface area contributed by atoms with Crippen molar-refractivity contribution in [3.63, 3.8) is 0 Å². The van der Waals surface area contributed by atoms with Crippen LogP contribution in [0.15, 0.2) is 0 Å². The molecule has 0 bridgehead atoms. The summed E-state index contributed by atoms with van der Waals surface area (Å²) in [4.78, 5) is 0. The van der Waals surface area contributed by atoms with Gasteiger partial charge in [-0.25, -0.2) is 0 Å². The van der Waals surface area contributed by atoms with Crippen molar-refractivity contribution in [2.24, 2.45) is 5.73 Å². The molecule has 29 valence electrons. The summed E-state index contributed by atoms with van der Waals surface area (Å²) in [5.74, 6) is 0. The van der Waals surface area contributed by atoms with Gasteiger partial charge in [0, 0.05) is 0 Å². The summed E-state index contributed by atoms with van der Waals surface area (Å²) in [6, 6.07) is 0. The molecule has 5 heavy (non-hydrogen) atoms. The van der Waals surface area contributed by atoms with Crippen LogP contribution in [0.1, 0.15) is 0 Å². The van der Waals surface area contributed by atoms with E-state index in [9.17, 15) is 0 Å². The molecule has 0 aromatic heterocycles. The molecule has 0 heterocycles. The van der Waals surface area contributed by atoms with E-state index in [0.717, 1.165) is 0 Å². The Bertz CT molecular complexity index is 44.9. The first-order valence-electron chi connectivity index (χ1n) is 0.947. The first-order chi connectivity index (χ1) is 2.27. The van der Waals surface area contributed by atoms with Crippen LogP contribution >= 0.6 is 12.2 Å². The van der Waals surface area contributed by atoms with Crippen LogP contribution in [0.5, 0.6) is 0 Å². The molecule has 0 aliphatic carbocycles. The summed E-state index contributed by atoms with van der Waals surface area (Å²) in [7, 11) is 0. The fourth-order valence-corrected chi connectivity index (χ4v) is 0. The molecule has 3 N–H and O–H groups in total. The van der Waals surface area contributed by atoms with Gasteiger partial charge in [-0.1, -0.05) is 0 Å². The van der Waals surface area contributed by atoms with Gasteiger partial charge in [-0.05, 0) is 0 Å². The summed E-state index contributed by atoms with van der Waals surface area (Å²) in [5.41, 5.74) is 4.91. The minimum absolute atomic E-state index is 0.342. The van der Waals surface area contributed by atoms with Crippen LogP contribution < -0.4 is 9.30 Å². The molecule has 0 aromatic rings. The summed E-state index contributed by atoms with van der Waals surface area (Å²) in [5, 5.41) is 0.342. The number of rotatable bonds is 0. The molecule has 1 radical (unpaired) electrons. The van der Waals surface area contributed by atoms with Gasteiger partial charge in [-0.15, -0.1) is 0 Å². The standard InChI is InChI=1S/CH3N2STe/c2-1(4)3-5/h(H3,2,3,4). The van der Waals surface area contributed by atoms with Gasteiger partial charge < -0.3 is 0 Å². The summed E-state index contributed by atoms with van der Waals surface area (Å²) in [6.45, 7) is 0. The Kier molecular flexibility index (Phi) is 2.96. The Labute approximate surface area is 49.4 Å². The molecular formula is CH3N2STe. The van der Waals surface area contributed by atoms with E-state index in [2.05, 4.69) is 15.8 Å². The van der Waals surface area contributed by atoms with Gasteiger partial charge in [0.05, 0.1) is 0 Å². The van der Waals surface area contributed by atoms with E-state index < -0.39 is 0 Å². The van der Waals surface area contributed by atoms with Crippen molar-refractivity contribution in [1.29, 1.82) is 0 Å². The van der Waals surface area contributed by atoms with E-state index in [0.29, 0.717) is 5.11 Å². The van der Waals surface area contributed by atoms with Crippen molar-refractivity contribution in [3.05, 3.63) is 0 Å². The molecular weight excluding hydrogens is 200 g/mol. The van der Waals surface area contributed by atoms with Gasteiger partial charge in [-0.2, -0.15) is 0 Å². The second-order valence-electron chi connectivity index (χ2n) is 0.466. The zero-order chi connectivity index (χ0) is 4.28. The van der Waals surface area contributed by atoms with Crippen molar-refractivity contribution < 1.29 is 0 Å². The number of nitrogens with two attached hydrogens (primary N) is 1. The summed E-state index contributed by atoms with van der Waals surface area (Å²) in [6.07, 6.45) is 0. The van der Waals surface area contributed by atoms with Crippen molar-refractivity contribution in [2.45, 2.75) is 0 Å². The van der Waals surface area contributed by atoms with Crippen LogP contribution in [0, 0.1) is 0 Å². The molecule has 0 fully saturated rings. The molecule has 0 aliphatic rings. The van der Waals surface area contributed by atoms with Gasteiger partial charge in [0.1, 0.15) is 0 Å². The molecule has 0 aliphatic heterocycles. The van der Waals surface area contributed by atoms with E-state index in [1.54, 1.807) is 22.6 Å². The van der Waals surface area contributed by atoms with Crippen molar-refractivity contribution in [1.82, 2.24) is 3.57 Å². The van der Waals surface area contributed by atoms with Crippen LogP contribution in [-0.4, -0.2) is 27.7 Å². The van der Waals surface area contributed by atoms with E-state index in [4.69, 9.17) is 5.73 Å². The van der Waals surface area contributed by atoms with Gasteiger partial charge in [0.2, 0.25) is 0 Å². The molecule has 0 amide bonds. The molecule has 0 spiro atoms. The van der Waals surface area contributed by atoms with Crippen molar-refractivity contribution in [3.8, 4) is 0 Å². The normalized spacial score (nSPS) is 6.60. The van der Waals surface area contributed by atoms with Crippen LogP contribution in [0.2, 0.25) is 0 Å². The summed E-state index contributed by atoms with van der Waals surface area (Å²) < 4.78 is 2.55. The second kappa shape index (κ2) is 2.70.